The average Bonchev–Trinajstić information content (AvgIpc) is 2.97. The molecule has 4 nitrogen and oxygen atoms in total. The van der Waals surface area contributed by atoms with Crippen LogP contribution >= 0.6 is 0 Å². The van der Waals surface area contributed by atoms with Crippen LogP contribution < -0.4 is 5.73 Å². The number of terminal acetylenes is 1. The van der Waals surface area contributed by atoms with E-state index in [1.54, 1.807) is 0 Å². The van der Waals surface area contributed by atoms with Crippen LogP contribution in [0.25, 0.3) is 12.2 Å². The van der Waals surface area contributed by atoms with Crippen molar-refractivity contribution in [2.24, 2.45) is 10.7 Å². The number of hydrogen-bond acceptors (Lipinski definition) is 3. The van der Waals surface area contributed by atoms with Gasteiger partial charge in [0, 0.05) is 43.3 Å². The summed E-state index contributed by atoms with van der Waals surface area (Å²) in [5, 5.41) is 0. The molecule has 170 valence electrons. The van der Waals surface area contributed by atoms with Crippen molar-refractivity contribution in [2.75, 3.05) is 13.2 Å². The van der Waals surface area contributed by atoms with E-state index in [4.69, 9.17) is 10.5 Å². The number of aliphatic imine (C=N–C) groups is 1. The summed E-state index contributed by atoms with van der Waals surface area (Å²) in [4.78, 5) is 4.38. The molecule has 0 unspecified atom stereocenters. The molecule has 0 amide bonds. The third kappa shape index (κ3) is 9.68. The predicted molar refractivity (Wildman–Crippen MR) is 140 cm³/mol. The van der Waals surface area contributed by atoms with Gasteiger partial charge in [-0.3, -0.25) is 4.99 Å². The molecule has 1 aromatic rings. The molecular formula is C28H37N3O. The second-order valence-electron chi connectivity index (χ2n) is 7.05. The number of hydrogen-bond donors (Lipinski definition) is 1. The molecule has 32 heavy (non-hydrogen) atoms. The molecule has 1 aliphatic rings. The number of ether oxygens (including phenoxy) is 1. The quantitative estimate of drug-likeness (QED) is 0.233. The fourth-order valence-corrected chi connectivity index (χ4v) is 3.26. The fraction of sp³-hybridized carbons (Fsp3) is 0.321. The van der Waals surface area contributed by atoms with Gasteiger partial charge in [0.2, 0.25) is 0 Å². The number of allylic oxidation sites excluding steroid dienone is 7. The number of rotatable bonds is 13. The Morgan fingerprint density at radius 3 is 2.84 bits per heavy atom. The first kappa shape index (κ1) is 26.7. The Morgan fingerprint density at radius 2 is 2.09 bits per heavy atom. The van der Waals surface area contributed by atoms with E-state index in [1.165, 1.54) is 0 Å². The number of aryl methyl sites for hydroxylation is 1. The van der Waals surface area contributed by atoms with Gasteiger partial charge in [-0.2, -0.15) is 0 Å². The van der Waals surface area contributed by atoms with Gasteiger partial charge in [-0.15, -0.1) is 12.8 Å². The first-order chi connectivity index (χ1) is 15.8. The second kappa shape index (κ2) is 17.4. The molecule has 1 aromatic heterocycles. The zero-order valence-corrected chi connectivity index (χ0v) is 19.3. The van der Waals surface area contributed by atoms with Crippen molar-refractivity contribution in [2.45, 2.75) is 45.7 Å². The summed E-state index contributed by atoms with van der Waals surface area (Å²) in [6.07, 6.45) is 36.6. The van der Waals surface area contributed by atoms with E-state index in [9.17, 15) is 0 Å². The summed E-state index contributed by atoms with van der Waals surface area (Å²) in [6, 6.07) is 0. The van der Waals surface area contributed by atoms with Gasteiger partial charge in [0.15, 0.2) is 0 Å². The lowest BCUT2D eigenvalue weighted by atomic mass is 10.1. The van der Waals surface area contributed by atoms with Crippen LogP contribution in [0, 0.1) is 12.8 Å². The highest BCUT2D eigenvalue weighted by Crippen LogP contribution is 2.21. The highest BCUT2D eigenvalue weighted by Gasteiger charge is 2.10. The molecule has 1 aliphatic carbocycles. The van der Waals surface area contributed by atoms with E-state index < -0.39 is 0 Å². The first-order valence-electron chi connectivity index (χ1n) is 11.1. The molecule has 2 N–H and O–H groups in total. The van der Waals surface area contributed by atoms with Gasteiger partial charge in [-0.05, 0) is 68.6 Å². The summed E-state index contributed by atoms with van der Waals surface area (Å²) in [7, 11) is 0. The summed E-state index contributed by atoms with van der Waals surface area (Å²) in [5.74, 6) is 0.882. The lowest BCUT2D eigenvalue weighted by Gasteiger charge is -2.08. The molecule has 0 fully saturated rings. The van der Waals surface area contributed by atoms with Crippen LogP contribution in [-0.4, -0.2) is 23.9 Å². The topological polar surface area (TPSA) is 52.5 Å². The molecular weight excluding hydrogens is 394 g/mol. The van der Waals surface area contributed by atoms with E-state index >= 15 is 0 Å². The van der Waals surface area contributed by atoms with Gasteiger partial charge in [0.05, 0.1) is 0 Å². The van der Waals surface area contributed by atoms with E-state index in [1.807, 2.05) is 49.6 Å². The molecule has 0 saturated heterocycles. The Balaban J connectivity index is 0.00000249. The van der Waals surface area contributed by atoms with Crippen molar-refractivity contribution in [1.82, 2.24) is 4.57 Å². The monoisotopic (exact) mass is 431 g/mol. The third-order valence-electron chi connectivity index (χ3n) is 4.81. The Morgan fingerprint density at radius 1 is 1.25 bits per heavy atom. The maximum absolute atomic E-state index is 5.96. The standard InChI is InChI=1S/C26H35N3O.C2H2/c1-3-5-17-28-18-11-8-12-19-29-22-23(21-27)25(4-2)26(29)16-13-20-30-24-14-9-6-7-10-15-24;1-2/h3-6,9-10,13-17,22H,2,7-8,11-12,18-21,27H2,1H3;1-2H/b5-3-,16-13-,28-17?;. The van der Waals surface area contributed by atoms with Crippen molar-refractivity contribution >= 4 is 18.4 Å². The van der Waals surface area contributed by atoms with E-state index in [-0.39, 0.29) is 0 Å². The van der Waals surface area contributed by atoms with Gasteiger partial charge in [-0.1, -0.05) is 37.0 Å². The van der Waals surface area contributed by atoms with Crippen LogP contribution in [0.15, 0.2) is 72.1 Å². The molecule has 2 rings (SSSR count). The third-order valence-corrected chi connectivity index (χ3v) is 4.81. The van der Waals surface area contributed by atoms with Crippen molar-refractivity contribution in [3.05, 3.63) is 84.0 Å². The summed E-state index contributed by atoms with van der Waals surface area (Å²) in [5.41, 5.74) is 9.34. The zero-order valence-electron chi connectivity index (χ0n) is 19.3. The zero-order chi connectivity index (χ0) is 23.4. The molecule has 0 aliphatic heterocycles. The lowest BCUT2D eigenvalue weighted by Crippen LogP contribution is -2.00. The molecule has 0 bridgehead atoms. The van der Waals surface area contributed by atoms with Crippen molar-refractivity contribution in [3.8, 4) is 12.8 Å². The largest absolute Gasteiger partial charge is 0.490 e. The van der Waals surface area contributed by atoms with Crippen LogP contribution in [0.4, 0.5) is 0 Å². The maximum Gasteiger partial charge on any atom is 0.119 e. The molecule has 1 heterocycles. The molecule has 0 radical (unpaired) electrons. The SMILES string of the molecule is C#C.C=Cc1c(CN)cn(CCCCCN=C/C=C\C)c1/C=C\COC1=CC=CCC=C1. The Bertz CT molecular complexity index is 876. The number of nitrogens with two attached hydrogens (primary N) is 1. The Labute approximate surface area is 194 Å². The molecule has 0 spiro atoms. The maximum atomic E-state index is 5.96. The van der Waals surface area contributed by atoms with Gasteiger partial charge >= 0.3 is 0 Å². The Hall–Kier alpha value is -3.29. The number of aromatic nitrogens is 1. The minimum absolute atomic E-state index is 0.509. The van der Waals surface area contributed by atoms with Crippen LogP contribution in [0.2, 0.25) is 0 Å². The Kier molecular flexibility index (Phi) is 14.5. The summed E-state index contributed by atoms with van der Waals surface area (Å²) < 4.78 is 8.13. The second-order valence-corrected chi connectivity index (χ2v) is 7.05. The van der Waals surface area contributed by atoms with Crippen LogP contribution in [0.5, 0.6) is 0 Å². The minimum Gasteiger partial charge on any atom is -0.490 e. The van der Waals surface area contributed by atoms with E-state index in [2.05, 4.69) is 59.5 Å². The van der Waals surface area contributed by atoms with Gasteiger partial charge in [0.25, 0.3) is 0 Å². The molecule has 0 saturated carbocycles. The molecule has 4 heteroatoms. The van der Waals surface area contributed by atoms with Crippen LogP contribution in [0.1, 0.15) is 49.4 Å². The minimum atomic E-state index is 0.509. The van der Waals surface area contributed by atoms with Crippen molar-refractivity contribution in [3.63, 3.8) is 0 Å². The lowest BCUT2D eigenvalue weighted by molar-refractivity contribution is 0.262. The fourth-order valence-electron chi connectivity index (χ4n) is 3.26. The van der Waals surface area contributed by atoms with E-state index in [0.717, 1.165) is 61.4 Å². The normalized spacial score (nSPS) is 13.3. The van der Waals surface area contributed by atoms with Gasteiger partial charge in [-0.25, -0.2) is 0 Å². The van der Waals surface area contributed by atoms with E-state index in [0.29, 0.717) is 13.2 Å². The van der Waals surface area contributed by atoms with Gasteiger partial charge in [0.1, 0.15) is 12.4 Å². The average molecular weight is 432 g/mol. The predicted octanol–water partition coefficient (Wildman–Crippen LogP) is 6.09. The number of nitrogens with zero attached hydrogens (tertiary/aromatic N) is 2. The van der Waals surface area contributed by atoms with Gasteiger partial charge < -0.3 is 15.0 Å². The highest BCUT2D eigenvalue weighted by atomic mass is 16.5. The number of unbranched alkanes of at least 4 members (excludes halogenated alkanes) is 2. The highest BCUT2D eigenvalue weighted by molar-refractivity contribution is 5.70. The smallest absolute Gasteiger partial charge is 0.119 e. The van der Waals surface area contributed by atoms with Crippen LogP contribution in [-0.2, 0) is 17.8 Å². The van der Waals surface area contributed by atoms with Crippen molar-refractivity contribution in [1.29, 1.82) is 0 Å². The molecule has 0 atom stereocenters. The van der Waals surface area contributed by atoms with Crippen molar-refractivity contribution < 1.29 is 4.74 Å². The molecule has 0 aromatic carbocycles. The summed E-state index contributed by atoms with van der Waals surface area (Å²) >= 11 is 0. The summed E-state index contributed by atoms with van der Waals surface area (Å²) in [6.45, 7) is 8.86. The first-order valence-corrected chi connectivity index (χ1v) is 11.1. The van der Waals surface area contributed by atoms with Crippen LogP contribution in [0.3, 0.4) is 0 Å².